The highest BCUT2D eigenvalue weighted by molar-refractivity contribution is 5.64. The summed E-state index contributed by atoms with van der Waals surface area (Å²) in [7, 11) is 0. The minimum absolute atomic E-state index is 0.0205. The van der Waals surface area contributed by atoms with Gasteiger partial charge in [-0.1, -0.05) is 0 Å². The molecule has 0 radical (unpaired) electrons. The summed E-state index contributed by atoms with van der Waals surface area (Å²) < 4.78 is 38.5. The Morgan fingerprint density at radius 1 is 1.00 bits per heavy atom. The minimum atomic E-state index is -2.74. The Bertz CT molecular complexity index is 861. The van der Waals surface area contributed by atoms with Gasteiger partial charge in [-0.2, -0.15) is 15.0 Å². The van der Waals surface area contributed by atoms with Crippen molar-refractivity contribution >= 4 is 17.7 Å². The summed E-state index contributed by atoms with van der Waals surface area (Å²) in [6.07, 6.45) is -1.44. The number of nitrogens with zero attached hydrogens (tertiary/aromatic N) is 6. The Balaban J connectivity index is 1.84. The first kappa shape index (κ1) is 20.6. The molecule has 2 N–H and O–H groups in total. The molecular weight excluding hydrogens is 396 g/mol. The average molecular weight is 421 g/mol. The van der Waals surface area contributed by atoms with Crippen LogP contribution in [0.2, 0.25) is 0 Å². The second kappa shape index (κ2) is 8.60. The van der Waals surface area contributed by atoms with Crippen molar-refractivity contribution in [2.45, 2.75) is 32.4 Å². The van der Waals surface area contributed by atoms with Gasteiger partial charge in [-0.15, -0.1) is 0 Å². The highest BCUT2D eigenvalue weighted by Crippen LogP contribution is 2.32. The van der Waals surface area contributed by atoms with Crippen LogP contribution in [-0.2, 0) is 9.47 Å². The van der Waals surface area contributed by atoms with Gasteiger partial charge in [0.15, 0.2) is 5.82 Å². The molecule has 0 aromatic carbocycles. The van der Waals surface area contributed by atoms with Crippen LogP contribution in [0.4, 0.5) is 26.5 Å². The van der Waals surface area contributed by atoms with E-state index in [2.05, 4.69) is 19.9 Å². The van der Waals surface area contributed by atoms with Crippen LogP contribution in [0.1, 0.15) is 25.8 Å². The zero-order valence-electron chi connectivity index (χ0n) is 17.0. The van der Waals surface area contributed by atoms with Gasteiger partial charge in [-0.25, -0.2) is 13.8 Å². The van der Waals surface area contributed by atoms with E-state index in [9.17, 15) is 8.78 Å². The summed E-state index contributed by atoms with van der Waals surface area (Å²) in [4.78, 5) is 21.8. The van der Waals surface area contributed by atoms with Crippen LogP contribution in [0.5, 0.6) is 0 Å². The Kier molecular flexibility index (Phi) is 5.91. The normalized spacial score (nSPS) is 22.6. The van der Waals surface area contributed by atoms with Crippen molar-refractivity contribution < 1.29 is 18.3 Å². The van der Waals surface area contributed by atoms with Crippen LogP contribution in [0, 0.1) is 0 Å². The van der Waals surface area contributed by atoms with Gasteiger partial charge in [-0.3, -0.25) is 0 Å². The summed E-state index contributed by atoms with van der Waals surface area (Å²) in [5.41, 5.74) is 5.52. The molecule has 2 aromatic heterocycles. The second-order valence-electron chi connectivity index (χ2n) is 7.49. The lowest BCUT2D eigenvalue weighted by Crippen LogP contribution is -2.46. The summed E-state index contributed by atoms with van der Waals surface area (Å²) in [6.45, 7) is 7.38. The molecule has 2 fully saturated rings. The zero-order valence-corrected chi connectivity index (χ0v) is 17.0. The van der Waals surface area contributed by atoms with Gasteiger partial charge in [0.25, 0.3) is 6.43 Å². The fraction of sp³-hybridized carbons (Fsp3) is 0.579. The Labute approximate surface area is 173 Å². The Hall–Kier alpha value is -2.66. The molecule has 2 unspecified atom stereocenters. The van der Waals surface area contributed by atoms with Gasteiger partial charge >= 0.3 is 0 Å². The fourth-order valence-corrected chi connectivity index (χ4v) is 3.64. The number of morpholine rings is 2. The van der Waals surface area contributed by atoms with Gasteiger partial charge in [0.2, 0.25) is 11.9 Å². The van der Waals surface area contributed by atoms with Gasteiger partial charge in [0.1, 0.15) is 5.82 Å². The molecule has 0 bridgehead atoms. The molecule has 0 spiro atoms. The zero-order chi connectivity index (χ0) is 21.3. The smallest absolute Gasteiger partial charge is 0.264 e. The van der Waals surface area contributed by atoms with Gasteiger partial charge in [-0.05, 0) is 19.9 Å². The molecule has 0 aliphatic carbocycles. The summed E-state index contributed by atoms with van der Waals surface area (Å²) in [5.74, 6) is 1.03. The third-order valence-corrected chi connectivity index (χ3v) is 5.29. The van der Waals surface area contributed by atoms with E-state index in [-0.39, 0.29) is 34.9 Å². The molecule has 9 nitrogen and oxygen atoms in total. The first-order valence-corrected chi connectivity index (χ1v) is 9.93. The number of anilines is 3. The van der Waals surface area contributed by atoms with E-state index in [4.69, 9.17) is 15.2 Å². The predicted molar refractivity (Wildman–Crippen MR) is 108 cm³/mol. The van der Waals surface area contributed by atoms with Crippen LogP contribution >= 0.6 is 0 Å². The molecule has 2 atom stereocenters. The second-order valence-corrected chi connectivity index (χ2v) is 7.49. The van der Waals surface area contributed by atoms with Crippen molar-refractivity contribution in [3.63, 3.8) is 0 Å². The molecular formula is C19H25F2N7O2. The van der Waals surface area contributed by atoms with Crippen molar-refractivity contribution in [1.29, 1.82) is 0 Å². The highest BCUT2D eigenvalue weighted by atomic mass is 19.3. The van der Waals surface area contributed by atoms with Crippen molar-refractivity contribution in [3.05, 3.63) is 17.8 Å². The van der Waals surface area contributed by atoms with Gasteiger partial charge in [0.05, 0.1) is 38.5 Å². The number of halogens is 2. The van der Waals surface area contributed by atoms with E-state index in [1.165, 1.54) is 6.20 Å². The van der Waals surface area contributed by atoms with Crippen LogP contribution in [0.15, 0.2) is 12.3 Å². The minimum Gasteiger partial charge on any atom is -0.384 e. The number of nitrogens with two attached hydrogens (primary N) is 1. The molecule has 4 rings (SSSR count). The van der Waals surface area contributed by atoms with Crippen molar-refractivity contribution in [3.8, 4) is 11.4 Å². The molecule has 30 heavy (non-hydrogen) atoms. The summed E-state index contributed by atoms with van der Waals surface area (Å²) >= 11 is 0. The van der Waals surface area contributed by atoms with E-state index in [0.717, 1.165) is 6.07 Å². The van der Waals surface area contributed by atoms with Crippen LogP contribution < -0.4 is 15.5 Å². The SMILES string of the molecule is CC1COCCN1c1nc(-c2cnc(N)cc2C(F)F)nc(N2CCOCC2C)n1. The van der Waals surface area contributed by atoms with Crippen molar-refractivity contribution in [2.24, 2.45) is 0 Å². The highest BCUT2D eigenvalue weighted by Gasteiger charge is 2.28. The number of rotatable bonds is 4. The number of aromatic nitrogens is 4. The van der Waals surface area contributed by atoms with Crippen LogP contribution in [-0.4, -0.2) is 71.5 Å². The average Bonchev–Trinajstić information content (AvgIpc) is 2.74. The molecule has 2 aliphatic heterocycles. The van der Waals surface area contributed by atoms with Crippen molar-refractivity contribution in [1.82, 2.24) is 19.9 Å². The third-order valence-electron chi connectivity index (χ3n) is 5.29. The molecule has 162 valence electrons. The maximum absolute atomic E-state index is 13.7. The molecule has 11 heteroatoms. The molecule has 2 aromatic rings. The topological polar surface area (TPSA) is 103 Å². The first-order valence-electron chi connectivity index (χ1n) is 9.93. The van der Waals surface area contributed by atoms with E-state index in [0.29, 0.717) is 51.4 Å². The van der Waals surface area contributed by atoms with Gasteiger partial charge in [0, 0.05) is 30.4 Å². The quantitative estimate of drug-likeness (QED) is 0.793. The number of pyridine rings is 1. The third kappa shape index (κ3) is 4.12. The number of alkyl halides is 2. The maximum atomic E-state index is 13.7. The standard InChI is InChI=1S/C19H25F2N7O2/c1-11-9-29-5-3-27(11)18-24-17(14-8-23-15(22)7-13(14)16(20)21)25-19(26-18)28-4-6-30-10-12(28)2/h7-8,11-12,16H,3-6,9-10H2,1-2H3,(H2,22,23). The molecule has 2 saturated heterocycles. The van der Waals surface area contributed by atoms with E-state index in [1.54, 1.807) is 0 Å². The van der Waals surface area contributed by atoms with Gasteiger partial charge < -0.3 is 25.0 Å². The summed E-state index contributed by atoms with van der Waals surface area (Å²) in [5, 5.41) is 0. The maximum Gasteiger partial charge on any atom is 0.264 e. The monoisotopic (exact) mass is 421 g/mol. The lowest BCUT2D eigenvalue weighted by molar-refractivity contribution is 0.0969. The number of nitrogen functional groups attached to an aromatic ring is 1. The van der Waals surface area contributed by atoms with E-state index < -0.39 is 6.43 Å². The number of hydrogen-bond donors (Lipinski definition) is 1. The summed E-state index contributed by atoms with van der Waals surface area (Å²) in [6, 6.07) is 1.25. The predicted octanol–water partition coefficient (Wildman–Crippen LogP) is 1.90. The Morgan fingerprint density at radius 3 is 2.07 bits per heavy atom. The van der Waals surface area contributed by atoms with E-state index >= 15 is 0 Å². The first-order chi connectivity index (χ1) is 14.4. The molecule has 4 heterocycles. The molecule has 0 amide bonds. The van der Waals surface area contributed by atoms with Crippen molar-refractivity contribution in [2.75, 3.05) is 55.1 Å². The fourth-order valence-electron chi connectivity index (χ4n) is 3.64. The molecule has 2 aliphatic rings. The van der Waals surface area contributed by atoms with Crippen LogP contribution in [0.25, 0.3) is 11.4 Å². The lowest BCUT2D eigenvalue weighted by Gasteiger charge is -2.36. The van der Waals surface area contributed by atoms with Crippen LogP contribution in [0.3, 0.4) is 0 Å². The number of hydrogen-bond acceptors (Lipinski definition) is 9. The molecule has 0 saturated carbocycles. The largest absolute Gasteiger partial charge is 0.384 e. The Morgan fingerprint density at radius 2 is 1.57 bits per heavy atom. The lowest BCUT2D eigenvalue weighted by atomic mass is 10.1. The van der Waals surface area contributed by atoms with E-state index in [1.807, 2.05) is 23.6 Å². The number of ether oxygens (including phenoxy) is 2.